The Morgan fingerprint density at radius 3 is 2.95 bits per heavy atom. The molecule has 5 heteroatoms. The van der Waals surface area contributed by atoms with E-state index in [9.17, 15) is 5.11 Å². The standard InChI is InChI=1S/C16H19BrN2O2/c1-3-21-16-12(5-4-8-18-16)10-19-11(2)14-9-13(17)6-7-15(14)20/h4-9,11,19-20H,3,10H2,1-2H3/t11-/m0/s1. The Labute approximate surface area is 133 Å². The maximum atomic E-state index is 9.94. The largest absolute Gasteiger partial charge is 0.508 e. The highest BCUT2D eigenvalue weighted by Crippen LogP contribution is 2.27. The van der Waals surface area contributed by atoms with Crippen LogP contribution in [0, 0.1) is 0 Å². The number of hydrogen-bond donors (Lipinski definition) is 2. The molecular weight excluding hydrogens is 332 g/mol. The van der Waals surface area contributed by atoms with Crippen LogP contribution in [-0.4, -0.2) is 16.7 Å². The van der Waals surface area contributed by atoms with Gasteiger partial charge in [-0.05, 0) is 38.1 Å². The number of nitrogens with zero attached hydrogens (tertiary/aromatic N) is 1. The quantitative estimate of drug-likeness (QED) is 0.831. The summed E-state index contributed by atoms with van der Waals surface area (Å²) in [5, 5.41) is 13.3. The zero-order chi connectivity index (χ0) is 15.2. The molecule has 0 unspecified atom stereocenters. The second kappa shape index (κ2) is 7.43. The summed E-state index contributed by atoms with van der Waals surface area (Å²) in [6.07, 6.45) is 1.72. The van der Waals surface area contributed by atoms with Crippen molar-refractivity contribution in [2.24, 2.45) is 0 Å². The van der Waals surface area contributed by atoms with Crippen LogP contribution in [0.1, 0.15) is 31.0 Å². The van der Waals surface area contributed by atoms with Gasteiger partial charge in [0.15, 0.2) is 0 Å². The average molecular weight is 351 g/mol. The van der Waals surface area contributed by atoms with Gasteiger partial charge in [0.1, 0.15) is 5.75 Å². The number of nitrogens with one attached hydrogen (secondary N) is 1. The molecule has 0 bridgehead atoms. The summed E-state index contributed by atoms with van der Waals surface area (Å²) in [4.78, 5) is 4.23. The van der Waals surface area contributed by atoms with E-state index < -0.39 is 0 Å². The molecule has 21 heavy (non-hydrogen) atoms. The number of ether oxygens (including phenoxy) is 1. The Morgan fingerprint density at radius 1 is 1.38 bits per heavy atom. The number of pyridine rings is 1. The third-order valence-corrected chi connectivity index (χ3v) is 3.68. The molecule has 1 heterocycles. The van der Waals surface area contributed by atoms with E-state index in [1.165, 1.54) is 0 Å². The predicted molar refractivity (Wildman–Crippen MR) is 86.5 cm³/mol. The highest BCUT2D eigenvalue weighted by atomic mass is 79.9. The second-order valence-corrected chi connectivity index (χ2v) is 5.62. The van der Waals surface area contributed by atoms with E-state index in [1.807, 2.05) is 38.1 Å². The number of phenols is 1. The van der Waals surface area contributed by atoms with Gasteiger partial charge in [0.05, 0.1) is 6.61 Å². The van der Waals surface area contributed by atoms with Gasteiger partial charge in [-0.3, -0.25) is 0 Å². The number of halogens is 1. The molecule has 1 aromatic carbocycles. The maximum Gasteiger partial charge on any atom is 0.217 e. The van der Waals surface area contributed by atoms with Crippen LogP contribution in [0.4, 0.5) is 0 Å². The fourth-order valence-electron chi connectivity index (χ4n) is 2.07. The van der Waals surface area contributed by atoms with Gasteiger partial charge < -0.3 is 15.2 Å². The van der Waals surface area contributed by atoms with Gasteiger partial charge in [0, 0.05) is 34.4 Å². The van der Waals surface area contributed by atoms with Crippen molar-refractivity contribution in [2.45, 2.75) is 26.4 Å². The smallest absolute Gasteiger partial charge is 0.217 e. The van der Waals surface area contributed by atoms with E-state index in [0.29, 0.717) is 19.0 Å². The first kappa shape index (κ1) is 15.8. The fraction of sp³-hybridized carbons (Fsp3) is 0.312. The Morgan fingerprint density at radius 2 is 2.19 bits per heavy atom. The normalized spacial score (nSPS) is 12.1. The molecule has 0 aliphatic heterocycles. The second-order valence-electron chi connectivity index (χ2n) is 4.71. The molecular formula is C16H19BrN2O2. The molecule has 0 saturated heterocycles. The molecule has 2 aromatic rings. The monoisotopic (exact) mass is 350 g/mol. The summed E-state index contributed by atoms with van der Waals surface area (Å²) in [7, 11) is 0. The minimum atomic E-state index is 0.0113. The zero-order valence-electron chi connectivity index (χ0n) is 12.1. The van der Waals surface area contributed by atoms with Crippen molar-refractivity contribution in [3.63, 3.8) is 0 Å². The number of rotatable bonds is 6. The molecule has 0 saturated carbocycles. The lowest BCUT2D eigenvalue weighted by Crippen LogP contribution is -2.19. The number of phenolic OH excluding ortho intramolecular Hbond substituents is 1. The topological polar surface area (TPSA) is 54.4 Å². The molecule has 0 spiro atoms. The van der Waals surface area contributed by atoms with Gasteiger partial charge in [-0.15, -0.1) is 0 Å². The molecule has 0 amide bonds. The SMILES string of the molecule is CCOc1ncccc1CN[C@@H](C)c1cc(Br)ccc1O. The Kier molecular flexibility index (Phi) is 5.59. The van der Waals surface area contributed by atoms with Gasteiger partial charge in [0.25, 0.3) is 0 Å². The van der Waals surface area contributed by atoms with Gasteiger partial charge >= 0.3 is 0 Å². The highest BCUT2D eigenvalue weighted by molar-refractivity contribution is 9.10. The Bertz CT molecular complexity index is 605. The number of aromatic hydroxyl groups is 1. The van der Waals surface area contributed by atoms with Crippen molar-refractivity contribution in [3.05, 3.63) is 52.1 Å². The van der Waals surface area contributed by atoms with E-state index in [-0.39, 0.29) is 11.8 Å². The van der Waals surface area contributed by atoms with Gasteiger partial charge in [0.2, 0.25) is 5.88 Å². The lowest BCUT2D eigenvalue weighted by atomic mass is 10.1. The molecule has 1 aromatic heterocycles. The Balaban J connectivity index is 2.07. The molecule has 0 radical (unpaired) electrons. The lowest BCUT2D eigenvalue weighted by molar-refractivity contribution is 0.321. The van der Waals surface area contributed by atoms with Gasteiger partial charge in [-0.1, -0.05) is 22.0 Å². The van der Waals surface area contributed by atoms with Crippen molar-refractivity contribution in [2.75, 3.05) is 6.61 Å². The summed E-state index contributed by atoms with van der Waals surface area (Å²) in [5.41, 5.74) is 1.85. The van der Waals surface area contributed by atoms with Crippen LogP contribution >= 0.6 is 15.9 Å². The first-order valence-electron chi connectivity index (χ1n) is 6.90. The molecule has 0 fully saturated rings. The minimum absolute atomic E-state index is 0.0113. The van der Waals surface area contributed by atoms with Crippen LogP contribution in [-0.2, 0) is 6.54 Å². The molecule has 0 aliphatic rings. The summed E-state index contributed by atoms with van der Waals surface area (Å²) in [6, 6.07) is 9.31. The minimum Gasteiger partial charge on any atom is -0.508 e. The number of benzene rings is 1. The maximum absolute atomic E-state index is 9.94. The highest BCUT2D eigenvalue weighted by Gasteiger charge is 2.12. The van der Waals surface area contributed by atoms with Crippen molar-refractivity contribution in [1.29, 1.82) is 0 Å². The first-order valence-corrected chi connectivity index (χ1v) is 7.69. The van der Waals surface area contributed by atoms with E-state index in [1.54, 1.807) is 12.3 Å². The van der Waals surface area contributed by atoms with Crippen LogP contribution in [0.15, 0.2) is 41.0 Å². The third kappa shape index (κ3) is 4.19. The molecule has 2 N–H and O–H groups in total. The van der Waals surface area contributed by atoms with Crippen LogP contribution in [0.2, 0.25) is 0 Å². The summed E-state index contributed by atoms with van der Waals surface area (Å²) < 4.78 is 6.45. The molecule has 0 aliphatic carbocycles. The van der Waals surface area contributed by atoms with E-state index in [4.69, 9.17) is 4.74 Å². The van der Waals surface area contributed by atoms with Crippen molar-refractivity contribution < 1.29 is 9.84 Å². The van der Waals surface area contributed by atoms with Crippen LogP contribution in [0.3, 0.4) is 0 Å². The predicted octanol–water partition coefficient (Wildman–Crippen LogP) is 3.80. The third-order valence-electron chi connectivity index (χ3n) is 3.19. The number of aromatic nitrogens is 1. The van der Waals surface area contributed by atoms with Crippen LogP contribution in [0.5, 0.6) is 11.6 Å². The average Bonchev–Trinajstić information content (AvgIpc) is 2.49. The van der Waals surface area contributed by atoms with Gasteiger partial charge in [-0.2, -0.15) is 0 Å². The van der Waals surface area contributed by atoms with Crippen molar-refractivity contribution in [1.82, 2.24) is 10.3 Å². The summed E-state index contributed by atoms with van der Waals surface area (Å²) in [5.74, 6) is 0.938. The van der Waals surface area contributed by atoms with Crippen LogP contribution < -0.4 is 10.1 Å². The number of hydrogen-bond acceptors (Lipinski definition) is 4. The summed E-state index contributed by atoms with van der Waals surface area (Å²) >= 11 is 3.42. The first-order chi connectivity index (χ1) is 10.1. The zero-order valence-corrected chi connectivity index (χ0v) is 13.7. The molecule has 1 atom stereocenters. The van der Waals surface area contributed by atoms with E-state index >= 15 is 0 Å². The van der Waals surface area contributed by atoms with E-state index in [0.717, 1.165) is 15.6 Å². The summed E-state index contributed by atoms with van der Waals surface area (Å²) in [6.45, 7) is 5.16. The van der Waals surface area contributed by atoms with Crippen molar-refractivity contribution in [3.8, 4) is 11.6 Å². The van der Waals surface area contributed by atoms with Crippen molar-refractivity contribution >= 4 is 15.9 Å². The van der Waals surface area contributed by atoms with Crippen LogP contribution in [0.25, 0.3) is 0 Å². The Hall–Kier alpha value is -1.59. The van der Waals surface area contributed by atoms with E-state index in [2.05, 4.69) is 26.2 Å². The molecule has 2 rings (SSSR count). The molecule has 112 valence electrons. The van der Waals surface area contributed by atoms with Gasteiger partial charge in [-0.25, -0.2) is 4.98 Å². The lowest BCUT2D eigenvalue weighted by Gasteiger charge is -2.17. The fourth-order valence-corrected chi connectivity index (χ4v) is 2.45. The molecule has 4 nitrogen and oxygen atoms in total.